The predicted octanol–water partition coefficient (Wildman–Crippen LogP) is 16.0. The molecule has 0 N–H and O–H groups in total. The van der Waals surface area contributed by atoms with E-state index in [1.54, 1.807) is 10.8 Å². The average Bonchev–Trinajstić information content (AvgIpc) is 3.93. The van der Waals surface area contributed by atoms with Crippen molar-refractivity contribution >= 4 is 57.1 Å². The van der Waals surface area contributed by atoms with Crippen LogP contribution in [0.1, 0.15) is 106 Å². The summed E-state index contributed by atoms with van der Waals surface area (Å²) in [6, 6.07) is 47.5. The zero-order chi connectivity index (χ0) is 47.3. The third-order valence-corrected chi connectivity index (χ3v) is 15.9. The Labute approximate surface area is 422 Å². The molecule has 1 radical (unpaired) electrons. The molecule has 0 saturated heterocycles. The summed E-state index contributed by atoms with van der Waals surface area (Å²) >= 11 is 0. The molecule has 5 heterocycles. The summed E-state index contributed by atoms with van der Waals surface area (Å²) in [6.07, 6.45) is 10.9. The van der Waals surface area contributed by atoms with Crippen molar-refractivity contribution in [1.29, 1.82) is 0 Å². The first kappa shape index (κ1) is 48.0. The number of furan rings is 1. The average molecular weight is 1100 g/mol. The van der Waals surface area contributed by atoms with Gasteiger partial charge in [-0.3, -0.25) is 9.97 Å². The van der Waals surface area contributed by atoms with E-state index in [1.165, 1.54) is 65.1 Å². The summed E-state index contributed by atoms with van der Waals surface area (Å²) in [5.41, 5.74) is 16.0. The van der Waals surface area contributed by atoms with Crippen LogP contribution >= 0.6 is 0 Å². The molecule has 1 saturated carbocycles. The molecule has 0 unspecified atom stereocenters. The number of hydrogen-bond donors (Lipinski definition) is 0. The van der Waals surface area contributed by atoms with Gasteiger partial charge in [0.2, 0.25) is 5.71 Å². The maximum absolute atomic E-state index is 6.28. The maximum atomic E-state index is 6.28. The number of nitrogens with zero attached hydrogens (tertiary/aromatic N) is 5. The van der Waals surface area contributed by atoms with Gasteiger partial charge in [0, 0.05) is 49.3 Å². The van der Waals surface area contributed by atoms with Crippen LogP contribution in [0.2, 0.25) is 19.6 Å². The topological polar surface area (TPSA) is 69.6 Å². The van der Waals surface area contributed by atoms with Crippen LogP contribution in [-0.2, 0) is 20.1 Å². The fourth-order valence-corrected chi connectivity index (χ4v) is 12.0. The fraction of sp³-hybridized carbons (Fsp3) is 0.279. The van der Waals surface area contributed by atoms with Crippen molar-refractivity contribution in [2.45, 2.75) is 111 Å². The third kappa shape index (κ3) is 9.39. The first-order valence-electron chi connectivity index (χ1n) is 24.5. The van der Waals surface area contributed by atoms with Gasteiger partial charge in [-0.1, -0.05) is 138 Å². The van der Waals surface area contributed by atoms with Gasteiger partial charge >= 0.3 is 0 Å². The fourth-order valence-electron chi connectivity index (χ4n) is 10.4. The Hall–Kier alpha value is -6.05. The number of hydrogen-bond acceptors (Lipinski definition) is 5. The van der Waals surface area contributed by atoms with Crippen molar-refractivity contribution in [3.05, 3.63) is 168 Å². The molecule has 0 spiro atoms. The first-order valence-corrected chi connectivity index (χ1v) is 28.0. The van der Waals surface area contributed by atoms with Crippen LogP contribution in [0.25, 0.3) is 83.3 Å². The quantitative estimate of drug-likeness (QED) is 0.112. The summed E-state index contributed by atoms with van der Waals surface area (Å²) < 4.78 is 8.62. The molecule has 5 aromatic carbocycles. The smallest absolute Gasteiger partial charge is 0.215 e. The summed E-state index contributed by atoms with van der Waals surface area (Å²) in [7, 11) is -1.36. The summed E-state index contributed by atoms with van der Waals surface area (Å²) in [5, 5.41) is 5.97. The Bertz CT molecular complexity index is 3440. The molecule has 1 aliphatic carbocycles. The van der Waals surface area contributed by atoms with Crippen LogP contribution in [0, 0.1) is 26.0 Å². The van der Waals surface area contributed by atoms with Gasteiger partial charge in [0.05, 0.1) is 36.2 Å². The van der Waals surface area contributed by atoms with Crippen LogP contribution in [0.15, 0.2) is 132 Å². The standard InChI is InChI=1S/C41H35N4O.C20H26NSi.Ir/c1-23(2)33-21-30(29-16-15-27-10-7-8-11-28(27)20-29)22-34(24(3)4)39(33)45-38-26(6)42-19-18-35(38)44-40(45)31-12-9-13-36-37(31)32-17-14-25(5)43-41(32)46-36;1-22(2,3)20-15-21-19(17-12-8-5-9-13-17)14-18(20)16-10-6-4-7-11-16;/h7-11,13-24H,1-6H3;5,8-9,12,14-16H,4,6-7,10-11H2,1-3H3;/q2*-1;. The largest absolute Gasteiger partial charge is 0.458 e. The number of aromatic nitrogens is 5. The molecule has 6 nitrogen and oxygen atoms in total. The molecule has 11 rings (SSSR count). The first-order chi connectivity index (χ1) is 32.8. The zero-order valence-electron chi connectivity index (χ0n) is 41.4. The molecule has 1 aliphatic rings. The van der Waals surface area contributed by atoms with Crippen molar-refractivity contribution in [3.8, 4) is 39.5 Å². The van der Waals surface area contributed by atoms with Crippen molar-refractivity contribution in [2.75, 3.05) is 0 Å². The zero-order valence-corrected chi connectivity index (χ0v) is 44.8. The van der Waals surface area contributed by atoms with E-state index in [1.807, 2.05) is 49.5 Å². The summed E-state index contributed by atoms with van der Waals surface area (Å²) in [6.45, 7) is 20.5. The SMILES string of the molecule is C[Si](C)(C)c1cnc(-c2[c-]cccc2)cc1C1CCCCC1.Cc1ccc2c(n1)oc1cc[c-]c(-c3nc4ccnc(C)c4n3-c3c(C(C)C)cc(-c4ccc5ccccc5c4)cc3C(C)C)c12.[Ir]. The van der Waals surface area contributed by atoms with E-state index >= 15 is 0 Å². The molecule has 10 aromatic rings. The van der Waals surface area contributed by atoms with Crippen LogP contribution < -0.4 is 5.19 Å². The van der Waals surface area contributed by atoms with Gasteiger partial charge in [-0.05, 0) is 119 Å². The van der Waals surface area contributed by atoms with Crippen LogP contribution in [0.4, 0.5) is 0 Å². The van der Waals surface area contributed by atoms with E-state index in [4.69, 9.17) is 24.4 Å². The molecule has 1 fully saturated rings. The molecule has 69 heavy (non-hydrogen) atoms. The molecule has 0 aliphatic heterocycles. The van der Waals surface area contributed by atoms with E-state index in [-0.39, 0.29) is 31.9 Å². The van der Waals surface area contributed by atoms with Gasteiger partial charge in [0.15, 0.2) is 0 Å². The number of fused-ring (bicyclic) bond motifs is 5. The van der Waals surface area contributed by atoms with E-state index in [9.17, 15) is 0 Å². The second-order valence-corrected chi connectivity index (χ2v) is 25.5. The molecule has 5 aromatic heterocycles. The van der Waals surface area contributed by atoms with Crippen molar-refractivity contribution in [3.63, 3.8) is 0 Å². The second kappa shape index (κ2) is 19.7. The van der Waals surface area contributed by atoms with E-state index in [2.05, 4.69) is 156 Å². The van der Waals surface area contributed by atoms with E-state index in [0.29, 0.717) is 5.71 Å². The van der Waals surface area contributed by atoms with Gasteiger partial charge in [-0.25, -0.2) is 4.98 Å². The Balaban J connectivity index is 0.000000217. The van der Waals surface area contributed by atoms with E-state index in [0.717, 1.165) is 73.0 Å². The van der Waals surface area contributed by atoms with Gasteiger partial charge in [0.1, 0.15) is 0 Å². The Morgan fingerprint density at radius 1 is 0.710 bits per heavy atom. The number of imidazole rings is 1. The Kier molecular flexibility index (Phi) is 13.7. The van der Waals surface area contributed by atoms with Gasteiger partial charge in [-0.15, -0.1) is 48.0 Å². The number of benzene rings is 5. The summed E-state index contributed by atoms with van der Waals surface area (Å²) in [5.74, 6) is 2.05. The molecule has 0 amide bonds. The van der Waals surface area contributed by atoms with Crippen molar-refractivity contribution < 1.29 is 24.5 Å². The Morgan fingerprint density at radius 3 is 2.16 bits per heavy atom. The van der Waals surface area contributed by atoms with E-state index < -0.39 is 8.07 Å². The normalized spacial score (nSPS) is 13.4. The molecular formula is C61H61IrN5OSi-2. The minimum atomic E-state index is -1.36. The predicted molar refractivity (Wildman–Crippen MR) is 286 cm³/mol. The second-order valence-electron chi connectivity index (χ2n) is 20.4. The number of aryl methyl sites for hydroxylation is 2. The maximum Gasteiger partial charge on any atom is 0.215 e. The van der Waals surface area contributed by atoms with Crippen LogP contribution in [-0.4, -0.2) is 32.6 Å². The van der Waals surface area contributed by atoms with Gasteiger partial charge < -0.3 is 14.0 Å². The molecular weight excluding hydrogens is 1040 g/mol. The molecule has 0 bridgehead atoms. The molecule has 8 heteroatoms. The van der Waals surface area contributed by atoms with Crippen LogP contribution in [0.5, 0.6) is 0 Å². The minimum Gasteiger partial charge on any atom is -0.458 e. The Morgan fingerprint density at radius 2 is 1.45 bits per heavy atom. The number of pyridine rings is 3. The minimum absolute atomic E-state index is 0. The third-order valence-electron chi connectivity index (χ3n) is 13.9. The van der Waals surface area contributed by atoms with Gasteiger partial charge in [-0.2, -0.15) is 0 Å². The van der Waals surface area contributed by atoms with Crippen LogP contribution in [0.3, 0.4) is 0 Å². The molecule has 351 valence electrons. The summed E-state index contributed by atoms with van der Waals surface area (Å²) in [4.78, 5) is 19.5. The molecule has 0 atom stereocenters. The van der Waals surface area contributed by atoms with Crippen molar-refractivity contribution in [2.24, 2.45) is 0 Å². The monoisotopic (exact) mass is 1100 g/mol. The van der Waals surface area contributed by atoms with Gasteiger partial charge in [0.25, 0.3) is 0 Å². The number of rotatable bonds is 8. The van der Waals surface area contributed by atoms with Crippen molar-refractivity contribution in [1.82, 2.24) is 24.5 Å².